The van der Waals surface area contributed by atoms with Crippen LogP contribution in [0.25, 0.3) is 87.9 Å². The average Bonchev–Trinajstić information content (AvgIpc) is 4.06. The van der Waals surface area contributed by atoms with Crippen molar-refractivity contribution in [2.75, 3.05) is 0 Å². The molecule has 11 heteroatoms. The number of halogens is 3. The van der Waals surface area contributed by atoms with Gasteiger partial charge in [-0.25, -0.2) is 0 Å². The maximum Gasteiger partial charge on any atom is 0.431 e. The molecule has 64 heavy (non-hydrogen) atoms. The monoisotopic (exact) mass is 1020 g/mol. The molecule has 8 aromatic carbocycles. The van der Waals surface area contributed by atoms with Crippen molar-refractivity contribution >= 4 is 65.2 Å². The van der Waals surface area contributed by atoms with E-state index >= 15 is 0 Å². The number of aryl methyl sites for hydroxylation is 2. The molecule has 0 aliphatic heterocycles. The normalized spacial score (nSPS) is 11.4. The van der Waals surface area contributed by atoms with E-state index in [1.54, 1.807) is 18.2 Å². The molecule has 0 fully saturated rings. The number of hydrogen-bond acceptors (Lipinski definition) is 2. The first-order valence-electron chi connectivity index (χ1n) is 20.2. The van der Waals surface area contributed by atoms with Crippen LogP contribution < -0.4 is 14.2 Å². The van der Waals surface area contributed by atoms with Crippen LogP contribution in [0.2, 0.25) is 0 Å². The Balaban J connectivity index is 0.000000124. The summed E-state index contributed by atoms with van der Waals surface area (Å²) in [6.45, 7) is 0. The van der Waals surface area contributed by atoms with E-state index in [9.17, 15) is 13.2 Å². The maximum atomic E-state index is 12.2. The van der Waals surface area contributed by atoms with Gasteiger partial charge in [0.05, 0.1) is 36.2 Å². The van der Waals surface area contributed by atoms with Crippen LogP contribution in [-0.2, 0) is 40.4 Å². The zero-order chi connectivity index (χ0) is 43.1. The van der Waals surface area contributed by atoms with E-state index in [0.717, 1.165) is 50.3 Å². The minimum absolute atomic E-state index is 0. The third kappa shape index (κ3) is 7.80. The predicted octanol–water partition coefficient (Wildman–Crippen LogP) is 10.8. The number of pyridine rings is 1. The van der Waals surface area contributed by atoms with E-state index in [0.29, 0.717) is 5.69 Å². The second-order valence-corrected chi connectivity index (χ2v) is 14.9. The molecule has 0 N–H and O–H groups in total. The standard InChI is InChI=1S/2C22H15N2.C9H5F3N3.Ir/c2*1-23-15-24(21-13-7-6-12-20(21)23)22-14-16-8-2-3-9-17(16)18-10-4-5-11-19(18)22;10-9(11,12)8-5-7(14-15-8)6-3-1-2-4-13-6;/h2*2-13H,1H3;1-5H;/q3*-1;. The van der Waals surface area contributed by atoms with Gasteiger partial charge in [-0.05, 0) is 29.6 Å². The van der Waals surface area contributed by atoms with Crippen LogP contribution in [0.5, 0.6) is 0 Å². The van der Waals surface area contributed by atoms with Crippen LogP contribution in [0.4, 0.5) is 13.2 Å². The van der Waals surface area contributed by atoms with Gasteiger partial charge in [0.15, 0.2) is 0 Å². The molecule has 4 aromatic heterocycles. The van der Waals surface area contributed by atoms with Gasteiger partial charge < -0.3 is 28.5 Å². The molecule has 0 aliphatic carbocycles. The predicted molar refractivity (Wildman–Crippen MR) is 240 cm³/mol. The number of rotatable bonds is 3. The third-order valence-electron chi connectivity index (χ3n) is 11.0. The topological polar surface area (TPSA) is 57.5 Å². The largest absolute Gasteiger partial charge is 0.573 e. The molecule has 12 aromatic rings. The van der Waals surface area contributed by atoms with Crippen molar-refractivity contribution in [3.05, 3.63) is 207 Å². The average molecular weight is 1020 g/mol. The second kappa shape index (κ2) is 17.4. The molecule has 7 nitrogen and oxygen atoms in total. The van der Waals surface area contributed by atoms with Crippen molar-refractivity contribution in [3.8, 4) is 22.8 Å². The number of imidazole rings is 2. The summed E-state index contributed by atoms with van der Waals surface area (Å²) in [5, 5.41) is 16.1. The number of nitrogens with zero attached hydrogens (tertiary/aromatic N) is 7. The summed E-state index contributed by atoms with van der Waals surface area (Å²) in [7, 11) is 4.06. The van der Waals surface area contributed by atoms with Crippen LogP contribution in [0.15, 0.2) is 176 Å². The van der Waals surface area contributed by atoms with Crippen LogP contribution in [-0.4, -0.2) is 19.2 Å². The van der Waals surface area contributed by atoms with Gasteiger partial charge in [0.1, 0.15) is 5.69 Å². The molecule has 0 saturated heterocycles. The summed E-state index contributed by atoms with van der Waals surface area (Å²) < 4.78 is 44.9. The van der Waals surface area contributed by atoms with Gasteiger partial charge in [0.2, 0.25) is 12.7 Å². The minimum Gasteiger partial charge on any atom is -0.573 e. The first kappa shape index (κ1) is 41.9. The number of benzene rings is 8. The fraction of sp³-hybridized carbons (Fsp3) is 0.0566. The van der Waals surface area contributed by atoms with E-state index < -0.39 is 11.9 Å². The molecule has 0 unspecified atom stereocenters. The quantitative estimate of drug-likeness (QED) is 0.101. The van der Waals surface area contributed by atoms with Crippen molar-refractivity contribution in [2.45, 2.75) is 6.18 Å². The van der Waals surface area contributed by atoms with Gasteiger partial charge in [-0.2, -0.15) is 13.2 Å². The van der Waals surface area contributed by atoms with E-state index in [4.69, 9.17) is 0 Å². The molecule has 0 atom stereocenters. The van der Waals surface area contributed by atoms with E-state index in [1.807, 2.05) is 23.2 Å². The summed E-state index contributed by atoms with van der Waals surface area (Å²) in [4.78, 5) is 3.87. The number of fused-ring (bicyclic) bond motifs is 8. The van der Waals surface area contributed by atoms with Crippen molar-refractivity contribution in [3.63, 3.8) is 0 Å². The molecule has 0 bridgehead atoms. The Labute approximate surface area is 379 Å². The number of alkyl halides is 3. The molecule has 0 aliphatic rings. The fourth-order valence-corrected chi connectivity index (χ4v) is 8.05. The van der Waals surface area contributed by atoms with Crippen molar-refractivity contribution < 1.29 is 42.4 Å². The van der Waals surface area contributed by atoms with E-state index in [1.165, 1.54) is 38.5 Å². The summed E-state index contributed by atoms with van der Waals surface area (Å²) in [6, 6.07) is 63.7. The Hall–Kier alpha value is -7.46. The van der Waals surface area contributed by atoms with Crippen LogP contribution in [0, 0.1) is 24.8 Å². The molecule has 1 radical (unpaired) electrons. The summed E-state index contributed by atoms with van der Waals surface area (Å²) in [5.74, 6) is 0. The molecular formula is C53H35F3IrN7-3. The van der Waals surface area contributed by atoms with Gasteiger partial charge in [0, 0.05) is 32.0 Å². The molecule has 0 amide bonds. The second-order valence-electron chi connectivity index (χ2n) is 14.9. The fourth-order valence-electron chi connectivity index (χ4n) is 8.05. The Morgan fingerprint density at radius 3 is 1.39 bits per heavy atom. The molecular weight excluding hydrogens is 984 g/mol. The number of hydrogen-bond donors (Lipinski definition) is 0. The van der Waals surface area contributed by atoms with Crippen LogP contribution in [0.1, 0.15) is 5.69 Å². The van der Waals surface area contributed by atoms with Gasteiger partial charge in [-0.15, -0.1) is 70.1 Å². The van der Waals surface area contributed by atoms with Gasteiger partial charge in [-0.1, -0.05) is 142 Å². The van der Waals surface area contributed by atoms with Crippen molar-refractivity contribution in [1.82, 2.24) is 24.3 Å². The Kier molecular flexibility index (Phi) is 11.4. The molecule has 315 valence electrons. The van der Waals surface area contributed by atoms with Crippen molar-refractivity contribution in [2.24, 2.45) is 14.1 Å². The van der Waals surface area contributed by atoms with Gasteiger partial charge in [-0.3, -0.25) is 4.98 Å². The van der Waals surface area contributed by atoms with E-state index in [-0.39, 0.29) is 25.8 Å². The van der Waals surface area contributed by atoms with Crippen LogP contribution in [0.3, 0.4) is 0 Å². The minimum atomic E-state index is -4.46. The smallest absolute Gasteiger partial charge is 0.431 e. The number of aromatic nitrogens is 7. The van der Waals surface area contributed by atoms with Gasteiger partial charge >= 0.3 is 6.18 Å². The molecule has 4 heterocycles. The zero-order valence-corrected chi connectivity index (χ0v) is 36.7. The zero-order valence-electron chi connectivity index (χ0n) is 34.3. The SMILES string of the molecule is C[n+]1[c-]n(-c2[c-]c3ccccc3c3ccccc23)c2ccccc21.C[n+]1[c-]n(-c2[c-]c3ccccc3c3ccccc23)c2ccccc21.FC(F)(F)c1cc(-c2ccccn2)[n-]n1.[Ir]. The Morgan fingerprint density at radius 2 is 0.938 bits per heavy atom. The van der Waals surface area contributed by atoms with Crippen molar-refractivity contribution in [1.29, 1.82) is 0 Å². The molecule has 0 saturated carbocycles. The maximum absolute atomic E-state index is 12.2. The summed E-state index contributed by atoms with van der Waals surface area (Å²) in [6.07, 6.45) is 3.88. The Bertz CT molecular complexity index is 3420. The molecule has 0 spiro atoms. The molecule has 12 rings (SSSR count). The first-order valence-corrected chi connectivity index (χ1v) is 20.2. The number of para-hydroxylation sites is 4. The Morgan fingerprint density at radius 1 is 0.516 bits per heavy atom. The van der Waals surface area contributed by atoms with Gasteiger partial charge in [0.25, 0.3) is 0 Å². The third-order valence-corrected chi connectivity index (χ3v) is 11.0. The van der Waals surface area contributed by atoms with Crippen LogP contribution >= 0.6 is 0 Å². The summed E-state index contributed by atoms with van der Waals surface area (Å²) in [5.41, 5.74) is 6.17. The first-order chi connectivity index (χ1) is 30.7. The summed E-state index contributed by atoms with van der Waals surface area (Å²) >= 11 is 0. The van der Waals surface area contributed by atoms with E-state index in [2.05, 4.69) is 195 Å².